The van der Waals surface area contributed by atoms with E-state index in [9.17, 15) is 14.0 Å². The standard InChI is InChI=1S/C20H24FN5O3/c1-2-17(27)26-7-5-14(6-8-26)29-16-11-23-19-18(25-16)15(10-22-19)20(28)24-13-4-3-12(21)9-13/h2,10-14H,1,3-9H2,(H,22,23)(H,24,28)/t12-,13+/m1/s1. The van der Waals surface area contributed by atoms with Gasteiger partial charge in [0, 0.05) is 38.2 Å². The topological polar surface area (TPSA) is 100 Å². The van der Waals surface area contributed by atoms with Crippen molar-refractivity contribution in [3.8, 4) is 5.88 Å². The number of rotatable bonds is 5. The number of fused-ring (bicyclic) bond motifs is 1. The molecule has 154 valence electrons. The van der Waals surface area contributed by atoms with Gasteiger partial charge in [0.05, 0.1) is 11.8 Å². The maximum Gasteiger partial charge on any atom is 0.255 e. The van der Waals surface area contributed by atoms with Crippen molar-refractivity contribution >= 4 is 23.0 Å². The van der Waals surface area contributed by atoms with E-state index in [1.54, 1.807) is 11.1 Å². The van der Waals surface area contributed by atoms with E-state index >= 15 is 0 Å². The minimum atomic E-state index is -0.851. The molecule has 2 aromatic rings. The van der Waals surface area contributed by atoms with Crippen molar-refractivity contribution in [3.05, 3.63) is 30.6 Å². The van der Waals surface area contributed by atoms with Crippen molar-refractivity contribution in [2.45, 2.75) is 50.4 Å². The summed E-state index contributed by atoms with van der Waals surface area (Å²) in [5.41, 5.74) is 1.28. The van der Waals surface area contributed by atoms with E-state index in [0.717, 1.165) is 0 Å². The number of ether oxygens (including phenoxy) is 1. The maximum atomic E-state index is 13.4. The molecule has 0 unspecified atom stereocenters. The Labute approximate surface area is 167 Å². The van der Waals surface area contributed by atoms with Crippen molar-refractivity contribution in [1.29, 1.82) is 0 Å². The minimum Gasteiger partial charge on any atom is -0.473 e. The number of nitrogens with zero attached hydrogens (tertiary/aromatic N) is 3. The summed E-state index contributed by atoms with van der Waals surface area (Å²) >= 11 is 0. The molecule has 0 radical (unpaired) electrons. The van der Waals surface area contributed by atoms with Gasteiger partial charge in [-0.25, -0.2) is 14.4 Å². The molecule has 2 N–H and O–H groups in total. The minimum absolute atomic E-state index is 0.0750. The van der Waals surface area contributed by atoms with Crippen LogP contribution in [0.3, 0.4) is 0 Å². The molecule has 0 bridgehead atoms. The second kappa shape index (κ2) is 8.18. The van der Waals surface area contributed by atoms with Crippen molar-refractivity contribution in [2.24, 2.45) is 0 Å². The van der Waals surface area contributed by atoms with Gasteiger partial charge >= 0.3 is 0 Å². The van der Waals surface area contributed by atoms with Crippen LogP contribution in [0, 0.1) is 0 Å². The quantitative estimate of drug-likeness (QED) is 0.748. The summed E-state index contributed by atoms with van der Waals surface area (Å²) < 4.78 is 19.3. The van der Waals surface area contributed by atoms with Crippen molar-refractivity contribution < 1.29 is 18.7 Å². The Morgan fingerprint density at radius 1 is 1.31 bits per heavy atom. The third kappa shape index (κ3) is 4.23. The summed E-state index contributed by atoms with van der Waals surface area (Å²) in [5.74, 6) is -0.0311. The van der Waals surface area contributed by atoms with Crippen LogP contribution in [-0.2, 0) is 4.79 Å². The first-order valence-electron chi connectivity index (χ1n) is 9.90. The zero-order valence-corrected chi connectivity index (χ0v) is 16.1. The van der Waals surface area contributed by atoms with Gasteiger partial charge in [-0.2, -0.15) is 0 Å². The number of alkyl halides is 1. The highest BCUT2D eigenvalue weighted by atomic mass is 19.1. The Hall–Kier alpha value is -2.97. The van der Waals surface area contributed by atoms with Crippen LogP contribution in [-0.4, -0.2) is 63.1 Å². The van der Waals surface area contributed by atoms with E-state index in [0.29, 0.717) is 67.8 Å². The zero-order valence-electron chi connectivity index (χ0n) is 16.1. The average Bonchev–Trinajstić information content (AvgIpc) is 3.33. The molecule has 2 atom stereocenters. The van der Waals surface area contributed by atoms with E-state index in [1.807, 2.05) is 0 Å². The highest BCUT2D eigenvalue weighted by Gasteiger charge is 2.27. The number of nitrogens with one attached hydrogen (secondary N) is 2. The van der Waals surface area contributed by atoms with E-state index in [2.05, 4.69) is 26.8 Å². The van der Waals surface area contributed by atoms with Gasteiger partial charge in [-0.1, -0.05) is 6.58 Å². The fourth-order valence-electron chi connectivity index (χ4n) is 3.92. The lowest BCUT2D eigenvalue weighted by Gasteiger charge is -2.31. The Morgan fingerprint density at radius 2 is 2.10 bits per heavy atom. The Morgan fingerprint density at radius 3 is 2.79 bits per heavy atom. The molecule has 2 aliphatic rings. The van der Waals surface area contributed by atoms with Crippen LogP contribution in [0.15, 0.2) is 25.0 Å². The predicted octanol–water partition coefficient (Wildman–Crippen LogP) is 2.13. The first-order valence-corrected chi connectivity index (χ1v) is 9.90. The number of halogens is 1. The third-order valence-electron chi connectivity index (χ3n) is 5.52. The van der Waals surface area contributed by atoms with Crippen LogP contribution in [0.5, 0.6) is 5.88 Å². The zero-order chi connectivity index (χ0) is 20.4. The second-order valence-corrected chi connectivity index (χ2v) is 7.54. The Kier molecular flexibility index (Phi) is 5.46. The molecule has 9 heteroatoms. The molecule has 1 aliphatic heterocycles. The van der Waals surface area contributed by atoms with Gasteiger partial charge in [0.1, 0.15) is 17.8 Å². The summed E-state index contributed by atoms with van der Waals surface area (Å²) in [6.45, 7) is 4.70. The molecule has 0 aromatic carbocycles. The number of hydrogen-bond acceptors (Lipinski definition) is 5. The second-order valence-electron chi connectivity index (χ2n) is 7.54. The molecular weight excluding hydrogens is 377 g/mol. The molecule has 1 aliphatic carbocycles. The fraction of sp³-hybridized carbons (Fsp3) is 0.500. The molecule has 1 saturated heterocycles. The molecule has 2 fully saturated rings. The van der Waals surface area contributed by atoms with Crippen molar-refractivity contribution in [1.82, 2.24) is 25.2 Å². The van der Waals surface area contributed by atoms with E-state index in [1.165, 1.54) is 12.3 Å². The van der Waals surface area contributed by atoms with Crippen LogP contribution in [0.1, 0.15) is 42.5 Å². The number of amides is 2. The molecule has 29 heavy (non-hydrogen) atoms. The van der Waals surface area contributed by atoms with E-state index in [4.69, 9.17) is 4.74 Å². The number of carbonyl (C=O) groups is 2. The van der Waals surface area contributed by atoms with Crippen molar-refractivity contribution in [2.75, 3.05) is 13.1 Å². The Bertz CT molecular complexity index is 922. The van der Waals surface area contributed by atoms with Crippen LogP contribution in [0.4, 0.5) is 4.39 Å². The van der Waals surface area contributed by atoms with Crippen LogP contribution < -0.4 is 10.1 Å². The van der Waals surface area contributed by atoms with Gasteiger partial charge in [-0.05, 0) is 25.3 Å². The number of carbonyl (C=O) groups excluding carboxylic acids is 2. The number of aromatic amines is 1. The lowest BCUT2D eigenvalue weighted by molar-refractivity contribution is -0.127. The summed E-state index contributed by atoms with van der Waals surface area (Å²) in [4.78, 5) is 37.7. The van der Waals surface area contributed by atoms with Gasteiger partial charge in [-0.15, -0.1) is 0 Å². The third-order valence-corrected chi connectivity index (χ3v) is 5.52. The Balaban J connectivity index is 1.42. The maximum absolute atomic E-state index is 13.4. The van der Waals surface area contributed by atoms with Crippen LogP contribution in [0.25, 0.3) is 11.2 Å². The predicted molar refractivity (Wildman–Crippen MR) is 104 cm³/mol. The molecule has 8 nitrogen and oxygen atoms in total. The van der Waals surface area contributed by atoms with Gasteiger partial charge in [0.15, 0.2) is 5.65 Å². The van der Waals surface area contributed by atoms with Crippen LogP contribution in [0.2, 0.25) is 0 Å². The summed E-state index contributed by atoms with van der Waals surface area (Å²) in [6, 6.07) is -0.154. The summed E-state index contributed by atoms with van der Waals surface area (Å²) in [7, 11) is 0. The molecule has 2 amide bonds. The highest BCUT2D eigenvalue weighted by Crippen LogP contribution is 2.24. The highest BCUT2D eigenvalue weighted by molar-refractivity contribution is 6.04. The van der Waals surface area contributed by atoms with Gasteiger partial charge < -0.3 is 19.9 Å². The van der Waals surface area contributed by atoms with Gasteiger partial charge in [0.25, 0.3) is 5.91 Å². The number of likely N-dealkylation sites (tertiary alicyclic amines) is 1. The first kappa shape index (κ1) is 19.4. The van der Waals surface area contributed by atoms with Crippen molar-refractivity contribution in [3.63, 3.8) is 0 Å². The SMILES string of the molecule is C=CC(=O)N1CCC(Oc2cnc3[nH]cc(C(=O)N[C@H]4CC[C@@H](F)C4)c3n2)CC1. The van der Waals surface area contributed by atoms with Gasteiger partial charge in [-0.3, -0.25) is 9.59 Å². The molecule has 3 heterocycles. The van der Waals surface area contributed by atoms with E-state index in [-0.39, 0.29) is 24.0 Å². The molecule has 0 spiro atoms. The molecule has 1 saturated carbocycles. The number of aromatic nitrogens is 3. The summed E-state index contributed by atoms with van der Waals surface area (Å²) in [6.07, 6.45) is 6.31. The molecule has 4 rings (SSSR count). The first-order chi connectivity index (χ1) is 14.0. The fourth-order valence-corrected chi connectivity index (χ4v) is 3.92. The monoisotopic (exact) mass is 401 g/mol. The average molecular weight is 401 g/mol. The molecule has 2 aromatic heterocycles. The largest absolute Gasteiger partial charge is 0.473 e. The normalized spacial score (nSPS) is 22.6. The lowest BCUT2D eigenvalue weighted by Crippen LogP contribution is -2.41. The number of hydrogen-bond donors (Lipinski definition) is 2. The number of H-pyrrole nitrogens is 1. The van der Waals surface area contributed by atoms with E-state index < -0.39 is 6.17 Å². The van der Waals surface area contributed by atoms with Gasteiger partial charge in [0.2, 0.25) is 11.8 Å². The molecular formula is C20H24FN5O3. The lowest BCUT2D eigenvalue weighted by atomic mass is 10.1. The summed E-state index contributed by atoms with van der Waals surface area (Å²) in [5, 5.41) is 2.87. The number of piperidine rings is 1. The van der Waals surface area contributed by atoms with Crippen LogP contribution >= 0.6 is 0 Å². The smallest absolute Gasteiger partial charge is 0.255 e.